The average molecular weight is 235 g/mol. The van der Waals surface area contributed by atoms with Gasteiger partial charge in [-0.15, -0.1) is 0 Å². The molecule has 6 nitrogen and oxygen atoms in total. The second kappa shape index (κ2) is 7.10. The van der Waals surface area contributed by atoms with Crippen LogP contribution in [0, 0.1) is 0 Å². The van der Waals surface area contributed by atoms with Crippen molar-refractivity contribution in [2.24, 2.45) is 0 Å². The summed E-state index contributed by atoms with van der Waals surface area (Å²) >= 11 is 3.87. The van der Waals surface area contributed by atoms with Crippen LogP contribution in [0.4, 0.5) is 0 Å². The Morgan fingerprint density at radius 3 is 2.27 bits per heavy atom. The van der Waals surface area contributed by atoms with Gasteiger partial charge >= 0.3 is 11.9 Å². The molecule has 0 bridgehead atoms. The Balaban J connectivity index is 3.93. The lowest BCUT2D eigenvalue weighted by Crippen LogP contribution is -2.42. The van der Waals surface area contributed by atoms with Crippen molar-refractivity contribution >= 4 is 30.5 Å². The van der Waals surface area contributed by atoms with E-state index >= 15 is 0 Å². The summed E-state index contributed by atoms with van der Waals surface area (Å²) in [6, 6.07) is -0.832. The van der Waals surface area contributed by atoms with Crippen molar-refractivity contribution in [3.8, 4) is 0 Å². The zero-order valence-electron chi connectivity index (χ0n) is 8.48. The fraction of sp³-hybridized carbons (Fsp3) is 0.625. The summed E-state index contributed by atoms with van der Waals surface area (Å²) in [6.45, 7) is 2.01. The van der Waals surface area contributed by atoms with Gasteiger partial charge in [0.15, 0.2) is 0 Å². The van der Waals surface area contributed by atoms with Crippen LogP contribution in [-0.2, 0) is 23.9 Å². The molecule has 0 unspecified atom stereocenters. The average Bonchev–Trinajstić information content (AvgIpc) is 2.13. The number of hydrogen-bond donors (Lipinski definition) is 2. The van der Waals surface area contributed by atoms with Crippen LogP contribution in [-0.4, -0.2) is 36.4 Å². The summed E-state index contributed by atoms with van der Waals surface area (Å²) in [4.78, 5) is 32.2. The van der Waals surface area contributed by atoms with E-state index in [1.54, 1.807) is 0 Å². The molecule has 0 aliphatic heterocycles. The summed E-state index contributed by atoms with van der Waals surface area (Å²) in [5, 5.41) is 2.34. The molecular formula is C8H13NO5S. The first kappa shape index (κ1) is 13.8. The van der Waals surface area contributed by atoms with Crippen molar-refractivity contribution in [2.45, 2.75) is 19.9 Å². The first-order valence-corrected chi connectivity index (χ1v) is 4.78. The minimum Gasteiger partial charge on any atom is -0.428 e. The van der Waals surface area contributed by atoms with Crippen molar-refractivity contribution < 1.29 is 23.9 Å². The molecule has 0 radical (unpaired) electrons. The number of hydrogen-bond acceptors (Lipinski definition) is 6. The van der Waals surface area contributed by atoms with Gasteiger partial charge in [0, 0.05) is 19.6 Å². The van der Waals surface area contributed by atoms with E-state index in [2.05, 4.69) is 27.4 Å². The number of ether oxygens (including phenoxy) is 2. The predicted molar refractivity (Wildman–Crippen MR) is 54.2 cm³/mol. The van der Waals surface area contributed by atoms with E-state index in [1.807, 2.05) is 0 Å². The molecule has 1 atom stereocenters. The van der Waals surface area contributed by atoms with Crippen LogP contribution in [0.1, 0.15) is 13.8 Å². The number of carbonyl (C=O) groups is 3. The molecule has 0 aliphatic carbocycles. The largest absolute Gasteiger partial charge is 0.428 e. The first-order valence-electron chi connectivity index (χ1n) is 4.15. The predicted octanol–water partition coefficient (Wildman–Crippen LogP) is -0.515. The highest BCUT2D eigenvalue weighted by atomic mass is 32.1. The van der Waals surface area contributed by atoms with E-state index in [9.17, 15) is 14.4 Å². The van der Waals surface area contributed by atoms with Gasteiger partial charge in [-0.2, -0.15) is 12.6 Å². The summed E-state index contributed by atoms with van der Waals surface area (Å²) in [5.74, 6) is -1.50. The third kappa shape index (κ3) is 6.78. The molecule has 1 amide bonds. The van der Waals surface area contributed by atoms with E-state index in [1.165, 1.54) is 13.8 Å². The molecule has 0 aromatic heterocycles. The maximum Gasteiger partial charge on any atom is 0.332 e. The summed E-state index contributed by atoms with van der Waals surface area (Å²) < 4.78 is 8.95. The van der Waals surface area contributed by atoms with Gasteiger partial charge in [-0.1, -0.05) is 0 Å². The molecule has 0 saturated carbocycles. The van der Waals surface area contributed by atoms with E-state index in [0.717, 1.165) is 0 Å². The Kier molecular flexibility index (Phi) is 6.52. The zero-order valence-corrected chi connectivity index (χ0v) is 9.37. The minimum atomic E-state index is -0.832. The molecule has 86 valence electrons. The third-order valence-electron chi connectivity index (χ3n) is 1.31. The van der Waals surface area contributed by atoms with E-state index in [4.69, 9.17) is 0 Å². The number of carbonyl (C=O) groups excluding carboxylic acids is 3. The van der Waals surface area contributed by atoms with E-state index in [0.29, 0.717) is 0 Å². The Labute approximate surface area is 92.7 Å². The molecule has 0 aromatic carbocycles. The second-order valence-corrected chi connectivity index (χ2v) is 3.02. The summed E-state index contributed by atoms with van der Waals surface area (Å²) in [5.41, 5.74) is 0. The smallest absolute Gasteiger partial charge is 0.332 e. The molecule has 0 heterocycles. The fourth-order valence-electron chi connectivity index (χ4n) is 0.696. The van der Waals surface area contributed by atoms with Gasteiger partial charge in [0.2, 0.25) is 12.7 Å². The number of nitrogens with one attached hydrogen (secondary N) is 1. The van der Waals surface area contributed by atoms with Crippen LogP contribution < -0.4 is 5.32 Å². The molecule has 0 rings (SSSR count). The van der Waals surface area contributed by atoms with Gasteiger partial charge < -0.3 is 14.8 Å². The fourth-order valence-corrected chi connectivity index (χ4v) is 0.936. The number of esters is 2. The van der Waals surface area contributed by atoms with Crippen molar-refractivity contribution in [3.63, 3.8) is 0 Å². The van der Waals surface area contributed by atoms with Crippen LogP contribution in [0.25, 0.3) is 0 Å². The number of amides is 1. The van der Waals surface area contributed by atoms with Crippen LogP contribution in [0.15, 0.2) is 0 Å². The third-order valence-corrected chi connectivity index (χ3v) is 1.67. The van der Waals surface area contributed by atoms with Gasteiger partial charge in [-0.05, 0) is 0 Å². The highest BCUT2D eigenvalue weighted by molar-refractivity contribution is 7.80. The summed E-state index contributed by atoms with van der Waals surface area (Å²) in [6.07, 6.45) is 0. The Morgan fingerprint density at radius 2 is 1.87 bits per heavy atom. The van der Waals surface area contributed by atoms with Crippen LogP contribution in [0.2, 0.25) is 0 Å². The van der Waals surface area contributed by atoms with Crippen LogP contribution in [0.5, 0.6) is 0 Å². The van der Waals surface area contributed by atoms with Crippen LogP contribution >= 0.6 is 12.6 Å². The highest BCUT2D eigenvalue weighted by Gasteiger charge is 2.19. The van der Waals surface area contributed by atoms with Crippen molar-refractivity contribution in [3.05, 3.63) is 0 Å². The molecule has 0 aliphatic rings. The summed E-state index contributed by atoms with van der Waals surface area (Å²) in [7, 11) is 0. The quantitative estimate of drug-likeness (QED) is 0.381. The highest BCUT2D eigenvalue weighted by Crippen LogP contribution is 1.93. The normalized spacial score (nSPS) is 11.4. The lowest BCUT2D eigenvalue weighted by atomic mass is 10.3. The zero-order chi connectivity index (χ0) is 11.8. The van der Waals surface area contributed by atoms with E-state index < -0.39 is 24.8 Å². The lowest BCUT2D eigenvalue weighted by molar-refractivity contribution is -0.167. The molecule has 15 heavy (non-hydrogen) atoms. The number of rotatable bonds is 5. The molecule has 0 spiro atoms. The van der Waals surface area contributed by atoms with Gasteiger partial charge in [0.25, 0.3) is 0 Å². The lowest BCUT2D eigenvalue weighted by Gasteiger charge is -2.13. The molecule has 0 fully saturated rings. The SMILES string of the molecule is CC(=O)N[C@@H](CS)C(=O)OCOC(C)=O. The Bertz CT molecular complexity index is 255. The van der Waals surface area contributed by atoms with Crippen molar-refractivity contribution in [1.82, 2.24) is 5.32 Å². The van der Waals surface area contributed by atoms with Crippen molar-refractivity contribution in [1.29, 1.82) is 0 Å². The Hall–Kier alpha value is -1.24. The van der Waals surface area contributed by atoms with Gasteiger partial charge in [0.05, 0.1) is 0 Å². The Morgan fingerprint density at radius 1 is 1.27 bits per heavy atom. The first-order chi connectivity index (χ1) is 6.97. The second-order valence-electron chi connectivity index (χ2n) is 2.65. The minimum absolute atomic E-state index is 0.110. The maximum absolute atomic E-state index is 11.2. The van der Waals surface area contributed by atoms with Crippen molar-refractivity contribution in [2.75, 3.05) is 12.5 Å². The van der Waals surface area contributed by atoms with Gasteiger partial charge in [0.1, 0.15) is 6.04 Å². The monoisotopic (exact) mass is 235 g/mol. The topological polar surface area (TPSA) is 81.7 Å². The molecular weight excluding hydrogens is 222 g/mol. The van der Waals surface area contributed by atoms with E-state index in [-0.39, 0.29) is 11.7 Å². The van der Waals surface area contributed by atoms with Gasteiger partial charge in [-0.3, -0.25) is 9.59 Å². The maximum atomic E-state index is 11.2. The standard InChI is InChI=1S/C8H13NO5S/c1-5(10)9-7(3-15)8(12)14-4-13-6(2)11/h7,15H,3-4H2,1-2H3,(H,9,10)/t7-/m0/s1. The molecule has 7 heteroatoms. The molecule has 1 N–H and O–H groups in total. The molecule has 0 aromatic rings. The molecule has 0 saturated heterocycles. The van der Waals surface area contributed by atoms with Crippen LogP contribution in [0.3, 0.4) is 0 Å². The van der Waals surface area contributed by atoms with Gasteiger partial charge in [-0.25, -0.2) is 4.79 Å². The number of thiol groups is 1.